The number of rotatable bonds is 2. The van der Waals surface area contributed by atoms with E-state index >= 15 is 0 Å². The fourth-order valence-electron chi connectivity index (χ4n) is 4.95. The largest absolute Gasteiger partial charge is 0.0593 e. The van der Waals surface area contributed by atoms with Gasteiger partial charge in [-0.3, -0.25) is 0 Å². The zero-order valence-corrected chi connectivity index (χ0v) is 24.5. The van der Waals surface area contributed by atoms with Gasteiger partial charge in [0, 0.05) is 5.92 Å². The van der Waals surface area contributed by atoms with E-state index in [0.717, 1.165) is 0 Å². The van der Waals surface area contributed by atoms with E-state index in [4.69, 9.17) is 0 Å². The smallest absolute Gasteiger partial charge is 0.0144 e. The van der Waals surface area contributed by atoms with Crippen molar-refractivity contribution >= 4 is 0 Å². The summed E-state index contributed by atoms with van der Waals surface area (Å²) in [6.07, 6.45) is 0. The molecule has 0 bridgehead atoms. The molecule has 0 radical (unpaired) electrons. The Balaban J connectivity index is 2.94. The first-order valence-electron chi connectivity index (χ1n) is 12.8. The second-order valence-corrected chi connectivity index (χ2v) is 15.4. The fourth-order valence-corrected chi connectivity index (χ4v) is 4.95. The molecule has 0 aliphatic rings. The van der Waals surface area contributed by atoms with Gasteiger partial charge >= 0.3 is 0 Å². The molecule has 0 atom stereocenters. The molecule has 0 fully saturated rings. The highest BCUT2D eigenvalue weighted by atomic mass is 14.4. The van der Waals surface area contributed by atoms with Crippen molar-refractivity contribution in [1.29, 1.82) is 0 Å². The fraction of sp³-hybridized carbons (Fsp3) is 0.636. The van der Waals surface area contributed by atoms with Crippen molar-refractivity contribution in [3.8, 4) is 0 Å². The van der Waals surface area contributed by atoms with E-state index < -0.39 is 0 Å². The maximum atomic E-state index is 2.49. The molecule has 0 amide bonds. The van der Waals surface area contributed by atoms with E-state index in [1.54, 1.807) is 0 Å². The van der Waals surface area contributed by atoms with Gasteiger partial charge in [0.15, 0.2) is 0 Å². The van der Waals surface area contributed by atoms with Crippen molar-refractivity contribution in [2.24, 2.45) is 5.41 Å². The van der Waals surface area contributed by atoms with Gasteiger partial charge in [-0.25, -0.2) is 0 Å². The zero-order chi connectivity index (χ0) is 25.8. The van der Waals surface area contributed by atoms with Crippen molar-refractivity contribution in [1.82, 2.24) is 0 Å². The number of benzene rings is 2. The zero-order valence-electron chi connectivity index (χ0n) is 24.5. The van der Waals surface area contributed by atoms with Crippen LogP contribution in [0, 0.1) is 5.41 Å². The molecule has 0 aromatic heterocycles. The normalized spacial score (nSPS) is 14.2. The lowest BCUT2D eigenvalue weighted by Gasteiger charge is -2.40. The van der Waals surface area contributed by atoms with E-state index in [-0.39, 0.29) is 27.1 Å². The molecule has 0 N–H and O–H groups in total. The molecule has 2 aromatic carbocycles. The van der Waals surface area contributed by atoms with Gasteiger partial charge in [-0.05, 0) is 60.5 Å². The molecule has 0 heteroatoms. The van der Waals surface area contributed by atoms with Gasteiger partial charge in [0.1, 0.15) is 0 Å². The Morgan fingerprint density at radius 3 is 0.939 bits per heavy atom. The highest BCUT2D eigenvalue weighted by Gasteiger charge is 2.36. The molecule has 0 saturated carbocycles. The van der Waals surface area contributed by atoms with Gasteiger partial charge in [0.2, 0.25) is 0 Å². The van der Waals surface area contributed by atoms with Crippen LogP contribution < -0.4 is 0 Å². The molecule has 0 saturated heterocycles. The highest BCUT2D eigenvalue weighted by Crippen LogP contribution is 2.48. The van der Waals surface area contributed by atoms with Crippen molar-refractivity contribution < 1.29 is 0 Å². The summed E-state index contributed by atoms with van der Waals surface area (Å²) in [6.45, 7) is 35.3. The molecule has 0 heterocycles. The Labute approximate surface area is 206 Å². The summed E-state index contributed by atoms with van der Waals surface area (Å²) < 4.78 is 0. The topological polar surface area (TPSA) is 0 Å². The van der Waals surface area contributed by atoms with Crippen LogP contribution in [0.25, 0.3) is 0 Å². The Bertz CT molecular complexity index is 892. The van der Waals surface area contributed by atoms with Crippen molar-refractivity contribution in [2.45, 2.75) is 131 Å². The van der Waals surface area contributed by atoms with E-state index in [1.165, 1.54) is 33.4 Å². The van der Waals surface area contributed by atoms with Gasteiger partial charge in [-0.15, -0.1) is 0 Å². The third kappa shape index (κ3) is 6.32. The molecule has 2 aromatic rings. The highest BCUT2D eigenvalue weighted by molar-refractivity contribution is 5.50. The van der Waals surface area contributed by atoms with Crippen LogP contribution in [0.15, 0.2) is 36.4 Å². The monoisotopic (exact) mass is 448 g/mol. The van der Waals surface area contributed by atoms with Crippen LogP contribution in [-0.4, -0.2) is 0 Å². The molecule has 33 heavy (non-hydrogen) atoms. The van der Waals surface area contributed by atoms with Crippen LogP contribution >= 0.6 is 0 Å². The summed E-state index contributed by atoms with van der Waals surface area (Å²) in [5.41, 5.74) is 9.29. The molecule has 0 nitrogen and oxygen atoms in total. The third-order valence-corrected chi connectivity index (χ3v) is 6.94. The summed E-state index contributed by atoms with van der Waals surface area (Å²) in [4.78, 5) is 0. The van der Waals surface area contributed by atoms with E-state index in [1.807, 2.05) is 0 Å². The van der Waals surface area contributed by atoms with Crippen LogP contribution in [0.2, 0.25) is 0 Å². The van der Waals surface area contributed by atoms with Crippen LogP contribution in [0.4, 0.5) is 0 Å². The average molecular weight is 449 g/mol. The molecule has 0 aliphatic heterocycles. The van der Waals surface area contributed by atoms with Crippen LogP contribution in [0.1, 0.15) is 143 Å². The molecule has 0 unspecified atom stereocenters. The second kappa shape index (κ2) is 8.58. The maximum absolute atomic E-state index is 2.49. The Morgan fingerprint density at radius 2 is 0.727 bits per heavy atom. The van der Waals surface area contributed by atoms with Crippen molar-refractivity contribution in [3.05, 3.63) is 69.8 Å². The first-order chi connectivity index (χ1) is 14.5. The standard InChI is InChI=1S/C33H52/c1-29(2,3)22-16-18-24(26(20-22)31(7,8)9)28(33(13,14)15)25-19-17-23(30(4,5)6)21-27(25)32(10,11)12/h16-21,28H,1-15H3. The molecular weight excluding hydrogens is 396 g/mol. The lowest BCUT2D eigenvalue weighted by molar-refractivity contribution is 0.349. The molecule has 0 aliphatic carbocycles. The predicted octanol–water partition coefficient (Wildman–Crippen LogP) is 10.1. The minimum atomic E-state index is 0.0767. The molecular formula is C33H52. The first kappa shape index (κ1) is 27.7. The lowest BCUT2D eigenvalue weighted by Crippen LogP contribution is -2.28. The van der Waals surface area contributed by atoms with E-state index in [0.29, 0.717) is 5.92 Å². The third-order valence-electron chi connectivity index (χ3n) is 6.94. The van der Waals surface area contributed by atoms with Gasteiger partial charge < -0.3 is 0 Å². The summed E-state index contributed by atoms with van der Waals surface area (Å²) in [7, 11) is 0. The van der Waals surface area contributed by atoms with Crippen LogP contribution in [0.3, 0.4) is 0 Å². The Morgan fingerprint density at radius 1 is 0.424 bits per heavy atom. The van der Waals surface area contributed by atoms with Crippen molar-refractivity contribution in [3.63, 3.8) is 0 Å². The maximum Gasteiger partial charge on any atom is 0.0144 e. The van der Waals surface area contributed by atoms with E-state index in [2.05, 4.69) is 140 Å². The van der Waals surface area contributed by atoms with Gasteiger partial charge in [0.25, 0.3) is 0 Å². The summed E-state index contributed by atoms with van der Waals surface area (Å²) >= 11 is 0. The predicted molar refractivity (Wildman–Crippen MR) is 149 cm³/mol. The minimum Gasteiger partial charge on any atom is -0.0593 e. The van der Waals surface area contributed by atoms with Gasteiger partial charge in [0.05, 0.1) is 0 Å². The average Bonchev–Trinajstić information content (AvgIpc) is 2.57. The summed E-state index contributed by atoms with van der Waals surface area (Å²) in [5, 5.41) is 0. The summed E-state index contributed by atoms with van der Waals surface area (Å²) in [6, 6.07) is 14.6. The van der Waals surface area contributed by atoms with Crippen LogP contribution in [-0.2, 0) is 21.7 Å². The van der Waals surface area contributed by atoms with E-state index in [9.17, 15) is 0 Å². The number of hydrogen-bond donors (Lipinski definition) is 0. The van der Waals surface area contributed by atoms with Gasteiger partial charge in [-0.2, -0.15) is 0 Å². The Kier molecular flexibility index (Phi) is 7.20. The van der Waals surface area contributed by atoms with Crippen LogP contribution in [0.5, 0.6) is 0 Å². The SMILES string of the molecule is CC(C)(C)c1ccc(C(c2ccc(C(C)(C)C)cc2C(C)(C)C)C(C)(C)C)c(C(C)(C)C)c1. The summed E-state index contributed by atoms with van der Waals surface area (Å²) in [5.74, 6) is 0.323. The second-order valence-electron chi connectivity index (χ2n) is 15.4. The quantitative estimate of drug-likeness (QED) is 0.428. The molecule has 2 rings (SSSR count). The van der Waals surface area contributed by atoms with Gasteiger partial charge in [-0.1, -0.05) is 140 Å². The number of hydrogen-bond acceptors (Lipinski definition) is 0. The molecule has 0 spiro atoms. The molecule has 184 valence electrons. The lowest BCUT2D eigenvalue weighted by atomic mass is 9.64. The minimum absolute atomic E-state index is 0.0767. The van der Waals surface area contributed by atoms with Crippen molar-refractivity contribution in [2.75, 3.05) is 0 Å². The first-order valence-corrected chi connectivity index (χ1v) is 12.8. The Hall–Kier alpha value is -1.56.